The second-order valence-corrected chi connectivity index (χ2v) is 8.09. The molecule has 1 aliphatic heterocycles. The van der Waals surface area contributed by atoms with Crippen LogP contribution in [0, 0.1) is 0 Å². The van der Waals surface area contributed by atoms with Gasteiger partial charge >= 0.3 is 0 Å². The highest BCUT2D eigenvalue weighted by Gasteiger charge is 2.23. The summed E-state index contributed by atoms with van der Waals surface area (Å²) in [5.41, 5.74) is 2.26. The maximum atomic E-state index is 12.8. The summed E-state index contributed by atoms with van der Waals surface area (Å²) in [5.74, 6) is 1.67. The van der Waals surface area contributed by atoms with Crippen LogP contribution in [0.3, 0.4) is 0 Å². The highest BCUT2D eigenvalue weighted by atomic mass is 35.5. The summed E-state index contributed by atoms with van der Waals surface area (Å²) in [6, 6.07) is 15.4. The van der Waals surface area contributed by atoms with Gasteiger partial charge in [0.15, 0.2) is 11.0 Å². The number of carbonyl (C=O) groups is 1. The third-order valence-corrected chi connectivity index (χ3v) is 6.17. The van der Waals surface area contributed by atoms with Gasteiger partial charge in [-0.1, -0.05) is 53.7 Å². The first-order chi connectivity index (χ1) is 14.1. The van der Waals surface area contributed by atoms with Crippen LogP contribution in [0.5, 0.6) is 5.75 Å². The van der Waals surface area contributed by atoms with Crippen LogP contribution in [0.25, 0.3) is 0 Å². The van der Waals surface area contributed by atoms with Gasteiger partial charge in [0.2, 0.25) is 5.91 Å². The molecule has 0 atom stereocenters. The molecule has 6 nitrogen and oxygen atoms in total. The van der Waals surface area contributed by atoms with Gasteiger partial charge in [0.25, 0.3) is 0 Å². The molecule has 2 aromatic carbocycles. The lowest BCUT2D eigenvalue weighted by atomic mass is 10.0. The van der Waals surface area contributed by atoms with E-state index in [1.54, 1.807) is 6.07 Å². The fourth-order valence-electron chi connectivity index (χ4n) is 3.30. The van der Waals surface area contributed by atoms with Crippen molar-refractivity contribution in [1.29, 1.82) is 0 Å². The van der Waals surface area contributed by atoms with Crippen LogP contribution in [0.1, 0.15) is 17.8 Å². The van der Waals surface area contributed by atoms with E-state index in [2.05, 4.69) is 16.3 Å². The molecule has 1 amide bonds. The molecule has 0 unspecified atom stereocenters. The lowest BCUT2D eigenvalue weighted by Gasteiger charge is -2.29. The molecule has 150 valence electrons. The lowest BCUT2D eigenvalue weighted by molar-refractivity contribution is -0.116. The first-order valence-electron chi connectivity index (χ1n) is 9.40. The zero-order chi connectivity index (χ0) is 20.2. The number of amides is 1. The molecule has 0 bridgehead atoms. The van der Waals surface area contributed by atoms with E-state index in [9.17, 15) is 4.79 Å². The summed E-state index contributed by atoms with van der Waals surface area (Å²) in [5, 5.41) is 9.62. The van der Waals surface area contributed by atoms with Crippen LogP contribution < -0.4 is 9.64 Å². The van der Waals surface area contributed by atoms with Gasteiger partial charge in [-0.3, -0.25) is 4.79 Å². The topological polar surface area (TPSA) is 60.2 Å². The third-order valence-electron chi connectivity index (χ3n) is 4.85. The van der Waals surface area contributed by atoms with Crippen LogP contribution in [-0.4, -0.2) is 33.0 Å². The zero-order valence-electron chi connectivity index (χ0n) is 16.0. The quantitative estimate of drug-likeness (QED) is 0.553. The molecular weight excluding hydrogens is 408 g/mol. The smallest absolute Gasteiger partial charge is 0.237 e. The summed E-state index contributed by atoms with van der Waals surface area (Å²) >= 11 is 7.50. The van der Waals surface area contributed by atoms with Gasteiger partial charge in [-0.25, -0.2) is 0 Å². The summed E-state index contributed by atoms with van der Waals surface area (Å²) < 4.78 is 7.58. The van der Waals surface area contributed by atoms with Crippen LogP contribution in [0.15, 0.2) is 53.7 Å². The van der Waals surface area contributed by atoms with E-state index in [1.165, 1.54) is 17.3 Å². The minimum atomic E-state index is 0.0824. The van der Waals surface area contributed by atoms with Gasteiger partial charge in [-0.15, -0.1) is 10.2 Å². The maximum Gasteiger partial charge on any atom is 0.237 e. The molecule has 4 rings (SSSR count). The number of rotatable bonds is 6. The first kappa shape index (κ1) is 19.8. The van der Waals surface area contributed by atoms with E-state index < -0.39 is 0 Å². The average Bonchev–Trinajstić information content (AvgIpc) is 3.10. The maximum absolute atomic E-state index is 12.8. The average molecular weight is 429 g/mol. The molecular formula is C21H21ClN4O2S. The molecule has 2 heterocycles. The second-order valence-electron chi connectivity index (χ2n) is 6.74. The van der Waals surface area contributed by atoms with Crippen LogP contribution in [0.2, 0.25) is 5.02 Å². The van der Waals surface area contributed by atoms with Crippen molar-refractivity contribution in [2.45, 2.75) is 24.6 Å². The van der Waals surface area contributed by atoms with Crippen LogP contribution in [0.4, 0.5) is 5.69 Å². The number of aromatic nitrogens is 3. The number of nitrogens with zero attached hydrogens (tertiary/aromatic N) is 4. The minimum Gasteiger partial charge on any atom is -0.484 e. The molecule has 0 saturated carbocycles. The fraction of sp³-hybridized carbons (Fsp3) is 0.286. The molecule has 0 spiro atoms. The lowest BCUT2D eigenvalue weighted by Crippen LogP contribution is -2.36. The van der Waals surface area contributed by atoms with Gasteiger partial charge in [-0.05, 0) is 36.6 Å². The van der Waals surface area contributed by atoms with E-state index in [-0.39, 0.29) is 12.5 Å². The number of anilines is 1. The van der Waals surface area contributed by atoms with E-state index in [4.69, 9.17) is 16.3 Å². The third kappa shape index (κ3) is 4.41. The van der Waals surface area contributed by atoms with Crippen molar-refractivity contribution in [3.63, 3.8) is 0 Å². The number of halogens is 1. The molecule has 0 aliphatic carbocycles. The molecule has 29 heavy (non-hydrogen) atoms. The van der Waals surface area contributed by atoms with Gasteiger partial charge in [0, 0.05) is 19.3 Å². The number of benzene rings is 2. The van der Waals surface area contributed by atoms with E-state index in [0.717, 1.165) is 25.1 Å². The Hall–Kier alpha value is -2.51. The Morgan fingerprint density at radius 3 is 2.83 bits per heavy atom. The number of fused-ring (bicyclic) bond motifs is 1. The number of thioether (sulfide) groups is 1. The Bertz CT molecular complexity index is 1020. The Balaban J connectivity index is 1.37. The van der Waals surface area contributed by atoms with Gasteiger partial charge in [-0.2, -0.15) is 0 Å². The summed E-state index contributed by atoms with van der Waals surface area (Å²) in [7, 11) is 1.87. The van der Waals surface area contributed by atoms with Gasteiger partial charge in [0.05, 0.1) is 10.8 Å². The second kappa shape index (κ2) is 8.88. The Morgan fingerprint density at radius 1 is 1.17 bits per heavy atom. The van der Waals surface area contributed by atoms with Gasteiger partial charge < -0.3 is 14.2 Å². The van der Waals surface area contributed by atoms with Crippen molar-refractivity contribution in [1.82, 2.24) is 14.8 Å². The number of para-hydroxylation sites is 2. The molecule has 0 fully saturated rings. The highest BCUT2D eigenvalue weighted by Crippen LogP contribution is 2.28. The minimum absolute atomic E-state index is 0.0824. The molecule has 0 saturated heterocycles. The molecule has 0 radical (unpaired) electrons. The molecule has 8 heteroatoms. The van der Waals surface area contributed by atoms with Crippen molar-refractivity contribution in [2.24, 2.45) is 7.05 Å². The summed E-state index contributed by atoms with van der Waals surface area (Å²) in [6.07, 6.45) is 2.01. The van der Waals surface area contributed by atoms with Crippen LogP contribution >= 0.6 is 23.4 Å². The fourth-order valence-corrected chi connectivity index (χ4v) is 4.29. The predicted octanol–water partition coefficient (Wildman–Crippen LogP) is 4.12. The summed E-state index contributed by atoms with van der Waals surface area (Å²) in [6.45, 7) is 1.01. The van der Waals surface area contributed by atoms with Gasteiger partial charge in [0.1, 0.15) is 12.4 Å². The van der Waals surface area contributed by atoms with Crippen LogP contribution in [-0.2, 0) is 24.9 Å². The summed E-state index contributed by atoms with van der Waals surface area (Å²) in [4.78, 5) is 14.7. The van der Waals surface area contributed by atoms with E-state index in [0.29, 0.717) is 27.5 Å². The Labute approximate surface area is 178 Å². The predicted molar refractivity (Wildman–Crippen MR) is 115 cm³/mol. The molecule has 1 aromatic heterocycles. The van der Waals surface area contributed by atoms with E-state index >= 15 is 0 Å². The normalized spacial score (nSPS) is 13.2. The number of aryl methyl sites for hydroxylation is 1. The highest BCUT2D eigenvalue weighted by molar-refractivity contribution is 7.99. The van der Waals surface area contributed by atoms with E-state index in [1.807, 2.05) is 52.9 Å². The van der Waals surface area contributed by atoms with Crippen molar-refractivity contribution in [2.75, 3.05) is 17.2 Å². The Morgan fingerprint density at radius 2 is 1.97 bits per heavy atom. The van der Waals surface area contributed by atoms with Crippen molar-refractivity contribution < 1.29 is 9.53 Å². The first-order valence-corrected chi connectivity index (χ1v) is 10.8. The molecule has 1 aliphatic rings. The molecule has 3 aromatic rings. The number of hydrogen-bond donors (Lipinski definition) is 0. The van der Waals surface area contributed by atoms with Crippen molar-refractivity contribution >= 4 is 35.0 Å². The molecule has 0 N–H and O–H groups in total. The number of ether oxygens (including phenoxy) is 1. The number of carbonyl (C=O) groups excluding carboxylic acids is 1. The van der Waals surface area contributed by atoms with Crippen molar-refractivity contribution in [3.8, 4) is 5.75 Å². The largest absolute Gasteiger partial charge is 0.484 e. The zero-order valence-corrected chi connectivity index (χ0v) is 17.6. The number of hydrogen-bond acceptors (Lipinski definition) is 5. The Kier molecular flexibility index (Phi) is 6.06. The monoisotopic (exact) mass is 428 g/mol. The van der Waals surface area contributed by atoms with Crippen molar-refractivity contribution in [3.05, 3.63) is 64.9 Å². The standard InChI is InChI=1S/C21H21ClN4O2S/c1-25-19(13-28-18-11-5-3-9-16(18)22)23-24-21(25)29-14-20(27)26-12-6-8-15-7-2-4-10-17(15)26/h2-5,7,9-11H,6,8,12-14H2,1H3. The SMILES string of the molecule is Cn1c(COc2ccccc2Cl)nnc1SCC(=O)N1CCCc2ccccc21.